The Labute approximate surface area is 158 Å². The summed E-state index contributed by atoms with van der Waals surface area (Å²) in [7, 11) is 0. The predicted molar refractivity (Wildman–Crippen MR) is 109 cm³/mol. The Morgan fingerprint density at radius 3 is 1.88 bits per heavy atom. The van der Waals surface area contributed by atoms with Gasteiger partial charge < -0.3 is 10.2 Å². The number of nitrogens with zero attached hydrogens (tertiary/aromatic N) is 1. The summed E-state index contributed by atoms with van der Waals surface area (Å²) >= 11 is 3.40. The fraction of sp³-hybridized carbons (Fsp3) is 0.381. The van der Waals surface area contributed by atoms with Crippen LogP contribution in [-0.4, -0.2) is 16.4 Å². The first-order valence-corrected chi connectivity index (χ1v) is 9.09. The molecule has 0 aromatic heterocycles. The molecule has 0 unspecified atom stereocenters. The molecule has 0 atom stereocenters. The number of phenols is 2. The van der Waals surface area contributed by atoms with Crippen LogP contribution in [0.4, 0.5) is 5.69 Å². The molecule has 0 saturated heterocycles. The van der Waals surface area contributed by atoms with E-state index in [-0.39, 0.29) is 16.6 Å². The summed E-state index contributed by atoms with van der Waals surface area (Å²) in [6, 6.07) is 9.05. The molecule has 2 aromatic rings. The lowest BCUT2D eigenvalue weighted by Gasteiger charge is -2.27. The maximum atomic E-state index is 10.8. The number of rotatable bonds is 2. The number of halogens is 1. The molecule has 0 heterocycles. The molecule has 0 amide bonds. The molecular weight excluding hydrogens is 378 g/mol. The molecule has 25 heavy (non-hydrogen) atoms. The molecule has 0 saturated carbocycles. The van der Waals surface area contributed by atoms with Crippen molar-refractivity contribution in [1.29, 1.82) is 0 Å². The summed E-state index contributed by atoms with van der Waals surface area (Å²) < 4.78 is 0.878. The zero-order valence-electron chi connectivity index (χ0n) is 15.7. The van der Waals surface area contributed by atoms with E-state index in [0.717, 1.165) is 21.3 Å². The minimum Gasteiger partial charge on any atom is -0.507 e. The first-order chi connectivity index (χ1) is 11.4. The van der Waals surface area contributed by atoms with Gasteiger partial charge in [0, 0.05) is 27.4 Å². The first kappa shape index (κ1) is 19.5. The van der Waals surface area contributed by atoms with E-state index in [4.69, 9.17) is 0 Å². The molecule has 0 radical (unpaired) electrons. The van der Waals surface area contributed by atoms with Crippen LogP contribution in [-0.2, 0) is 10.8 Å². The Morgan fingerprint density at radius 1 is 0.880 bits per heavy atom. The molecule has 0 aliphatic rings. The standard InChI is InChI=1S/C21H26BrNO2/c1-20(2,3)16-10-15(11-17(19(16)25)21(4,5)6)23-12-13-9-14(22)7-8-18(13)24/h7-12,24-25H,1-6H3. The molecule has 2 N–H and O–H groups in total. The molecule has 0 spiro atoms. The van der Waals surface area contributed by atoms with Gasteiger partial charge in [0.2, 0.25) is 0 Å². The van der Waals surface area contributed by atoms with E-state index in [9.17, 15) is 10.2 Å². The average molecular weight is 404 g/mol. The third kappa shape index (κ3) is 4.63. The van der Waals surface area contributed by atoms with Gasteiger partial charge in [-0.15, -0.1) is 0 Å². The van der Waals surface area contributed by atoms with Gasteiger partial charge in [-0.05, 0) is 41.2 Å². The molecule has 4 heteroatoms. The lowest BCUT2D eigenvalue weighted by Crippen LogP contribution is -2.16. The highest BCUT2D eigenvalue weighted by molar-refractivity contribution is 9.10. The van der Waals surface area contributed by atoms with Crippen LogP contribution >= 0.6 is 15.9 Å². The fourth-order valence-electron chi connectivity index (χ4n) is 2.61. The maximum Gasteiger partial charge on any atom is 0.124 e. The zero-order chi connectivity index (χ0) is 19.0. The van der Waals surface area contributed by atoms with Crippen LogP contribution in [0.3, 0.4) is 0 Å². The number of hydrogen-bond donors (Lipinski definition) is 2. The van der Waals surface area contributed by atoms with Crippen molar-refractivity contribution in [3.8, 4) is 11.5 Å². The van der Waals surface area contributed by atoms with Gasteiger partial charge >= 0.3 is 0 Å². The van der Waals surface area contributed by atoms with Crippen molar-refractivity contribution in [2.75, 3.05) is 0 Å². The third-order valence-electron chi connectivity index (χ3n) is 4.05. The molecule has 2 rings (SSSR count). The molecule has 2 aromatic carbocycles. The van der Waals surface area contributed by atoms with Gasteiger partial charge in [0.15, 0.2) is 0 Å². The molecule has 0 fully saturated rings. The van der Waals surface area contributed by atoms with Crippen molar-refractivity contribution >= 4 is 27.8 Å². The summed E-state index contributed by atoms with van der Waals surface area (Å²) in [6.07, 6.45) is 1.64. The van der Waals surface area contributed by atoms with Gasteiger partial charge in [-0.2, -0.15) is 0 Å². The number of benzene rings is 2. The van der Waals surface area contributed by atoms with E-state index in [1.807, 2.05) is 18.2 Å². The van der Waals surface area contributed by atoms with Gasteiger partial charge in [-0.3, -0.25) is 4.99 Å². The molecule has 0 aliphatic heterocycles. The van der Waals surface area contributed by atoms with E-state index >= 15 is 0 Å². The second-order valence-corrected chi connectivity index (χ2v) is 9.27. The van der Waals surface area contributed by atoms with Crippen LogP contribution in [0.25, 0.3) is 0 Å². The normalized spacial score (nSPS) is 12.8. The summed E-state index contributed by atoms with van der Waals surface area (Å²) in [6.45, 7) is 12.4. The highest BCUT2D eigenvalue weighted by Gasteiger charge is 2.26. The van der Waals surface area contributed by atoms with E-state index in [0.29, 0.717) is 11.3 Å². The second-order valence-electron chi connectivity index (χ2n) is 8.35. The Balaban J connectivity index is 2.58. The van der Waals surface area contributed by atoms with Crippen molar-refractivity contribution in [2.45, 2.75) is 52.4 Å². The first-order valence-electron chi connectivity index (χ1n) is 8.30. The topological polar surface area (TPSA) is 52.8 Å². The molecular formula is C21H26BrNO2. The number of phenolic OH excluding ortho intramolecular Hbond substituents is 2. The smallest absolute Gasteiger partial charge is 0.124 e. The van der Waals surface area contributed by atoms with Gasteiger partial charge in [0.05, 0.1) is 5.69 Å². The van der Waals surface area contributed by atoms with Gasteiger partial charge in [-0.25, -0.2) is 0 Å². The minimum absolute atomic E-state index is 0.179. The van der Waals surface area contributed by atoms with Crippen LogP contribution in [0, 0.1) is 0 Å². The van der Waals surface area contributed by atoms with Crippen LogP contribution < -0.4 is 0 Å². The summed E-state index contributed by atoms with van der Waals surface area (Å²) in [4.78, 5) is 4.55. The van der Waals surface area contributed by atoms with Crippen LogP contribution in [0.2, 0.25) is 0 Å². The summed E-state index contributed by atoms with van der Waals surface area (Å²) in [5.41, 5.74) is 2.72. The minimum atomic E-state index is -0.201. The van der Waals surface area contributed by atoms with Gasteiger partial charge in [-0.1, -0.05) is 57.5 Å². The van der Waals surface area contributed by atoms with E-state index < -0.39 is 0 Å². The fourth-order valence-corrected chi connectivity index (χ4v) is 2.99. The maximum absolute atomic E-state index is 10.8. The predicted octanol–water partition coefficient (Wildman–Crippen LogP) is 6.21. The van der Waals surface area contributed by atoms with Crippen molar-refractivity contribution in [1.82, 2.24) is 0 Å². The van der Waals surface area contributed by atoms with Crippen molar-refractivity contribution in [2.24, 2.45) is 4.99 Å². The van der Waals surface area contributed by atoms with Gasteiger partial charge in [0.1, 0.15) is 11.5 Å². The Morgan fingerprint density at radius 2 is 1.40 bits per heavy atom. The van der Waals surface area contributed by atoms with E-state index in [2.05, 4.69) is 62.5 Å². The van der Waals surface area contributed by atoms with Crippen molar-refractivity contribution in [3.63, 3.8) is 0 Å². The zero-order valence-corrected chi connectivity index (χ0v) is 17.3. The largest absolute Gasteiger partial charge is 0.507 e. The summed E-state index contributed by atoms with van der Waals surface area (Å²) in [5.74, 6) is 0.516. The molecule has 0 aliphatic carbocycles. The summed E-state index contributed by atoms with van der Waals surface area (Å²) in [5, 5.41) is 20.7. The number of hydrogen-bond acceptors (Lipinski definition) is 3. The van der Waals surface area contributed by atoms with E-state index in [1.54, 1.807) is 18.3 Å². The molecule has 3 nitrogen and oxygen atoms in total. The van der Waals surface area contributed by atoms with Crippen LogP contribution in [0.15, 0.2) is 39.8 Å². The Bertz CT molecular complexity index is 777. The lowest BCUT2D eigenvalue weighted by atomic mass is 9.79. The van der Waals surface area contributed by atoms with E-state index in [1.165, 1.54) is 0 Å². The lowest BCUT2D eigenvalue weighted by molar-refractivity contribution is 0.423. The quantitative estimate of drug-likeness (QED) is 0.585. The third-order valence-corrected chi connectivity index (χ3v) is 4.55. The van der Waals surface area contributed by atoms with Gasteiger partial charge in [0.25, 0.3) is 0 Å². The van der Waals surface area contributed by atoms with Crippen LogP contribution in [0.1, 0.15) is 58.2 Å². The number of aromatic hydroxyl groups is 2. The monoisotopic (exact) mass is 403 g/mol. The highest BCUT2D eigenvalue weighted by atomic mass is 79.9. The highest BCUT2D eigenvalue weighted by Crippen LogP contribution is 2.41. The van der Waals surface area contributed by atoms with Crippen molar-refractivity contribution in [3.05, 3.63) is 51.5 Å². The average Bonchev–Trinajstić information content (AvgIpc) is 2.47. The Kier molecular flexibility index (Phi) is 5.33. The SMILES string of the molecule is CC(C)(C)c1cc(N=Cc2cc(Br)ccc2O)cc(C(C)(C)C)c1O. The Hall–Kier alpha value is -1.81. The molecule has 0 bridgehead atoms. The molecule has 134 valence electrons. The van der Waals surface area contributed by atoms with Crippen molar-refractivity contribution < 1.29 is 10.2 Å². The van der Waals surface area contributed by atoms with Crippen LogP contribution in [0.5, 0.6) is 11.5 Å². The number of aliphatic imine (C=N–C) groups is 1. The second kappa shape index (κ2) is 6.83.